The van der Waals surface area contributed by atoms with Gasteiger partial charge in [-0.05, 0) is 22.8 Å². The van der Waals surface area contributed by atoms with Gasteiger partial charge in [0.1, 0.15) is 5.75 Å². The van der Waals surface area contributed by atoms with E-state index in [0.29, 0.717) is 18.3 Å². The number of tetrazole rings is 1. The van der Waals surface area contributed by atoms with Gasteiger partial charge in [0.15, 0.2) is 0 Å². The van der Waals surface area contributed by atoms with Crippen molar-refractivity contribution in [1.82, 2.24) is 20.2 Å². The van der Waals surface area contributed by atoms with Gasteiger partial charge in [0.2, 0.25) is 5.82 Å². The van der Waals surface area contributed by atoms with Gasteiger partial charge in [-0.1, -0.05) is 56.3 Å². The van der Waals surface area contributed by atoms with Gasteiger partial charge < -0.3 is 4.74 Å². The van der Waals surface area contributed by atoms with Crippen LogP contribution in [0, 0.1) is 0 Å². The Balaban J connectivity index is 1.80. The Labute approximate surface area is 135 Å². The summed E-state index contributed by atoms with van der Waals surface area (Å²) >= 11 is 0. The molecule has 5 heteroatoms. The van der Waals surface area contributed by atoms with Gasteiger partial charge in [-0.25, -0.2) is 0 Å². The molecule has 0 saturated carbocycles. The Kier molecular flexibility index (Phi) is 4.37. The van der Waals surface area contributed by atoms with Crippen LogP contribution in [0.15, 0.2) is 48.5 Å². The van der Waals surface area contributed by atoms with E-state index in [1.807, 2.05) is 36.4 Å². The van der Waals surface area contributed by atoms with Gasteiger partial charge in [0.05, 0.1) is 13.7 Å². The molecule has 0 aliphatic heterocycles. The quantitative estimate of drug-likeness (QED) is 0.723. The lowest BCUT2D eigenvalue weighted by molar-refractivity contribution is 0.405. The molecule has 0 amide bonds. The number of nitrogens with zero attached hydrogens (tertiary/aromatic N) is 4. The largest absolute Gasteiger partial charge is 0.496 e. The van der Waals surface area contributed by atoms with E-state index < -0.39 is 0 Å². The molecule has 0 N–H and O–H groups in total. The Bertz CT molecular complexity index is 778. The third-order valence-corrected chi connectivity index (χ3v) is 3.79. The average Bonchev–Trinajstić information content (AvgIpc) is 3.04. The molecule has 3 rings (SSSR count). The molecule has 0 aliphatic carbocycles. The Morgan fingerprint density at radius 3 is 2.48 bits per heavy atom. The van der Waals surface area contributed by atoms with Crippen LogP contribution in [0.2, 0.25) is 0 Å². The van der Waals surface area contributed by atoms with Crippen molar-refractivity contribution in [2.45, 2.75) is 26.3 Å². The molecule has 0 fully saturated rings. The van der Waals surface area contributed by atoms with Gasteiger partial charge in [-0.15, -0.1) is 10.2 Å². The van der Waals surface area contributed by atoms with Crippen LogP contribution in [0.25, 0.3) is 11.4 Å². The number of methoxy groups -OCH3 is 1. The summed E-state index contributed by atoms with van der Waals surface area (Å²) in [5, 5.41) is 12.8. The summed E-state index contributed by atoms with van der Waals surface area (Å²) in [6.07, 6.45) is 0. The maximum absolute atomic E-state index is 5.36. The highest BCUT2D eigenvalue weighted by atomic mass is 16.5. The number of benzene rings is 2. The van der Waals surface area contributed by atoms with Crippen LogP contribution in [0.5, 0.6) is 5.75 Å². The monoisotopic (exact) mass is 308 g/mol. The van der Waals surface area contributed by atoms with Crippen LogP contribution in [0.3, 0.4) is 0 Å². The van der Waals surface area contributed by atoms with Crippen LogP contribution in [0.1, 0.15) is 30.9 Å². The van der Waals surface area contributed by atoms with E-state index in [-0.39, 0.29) is 0 Å². The molecule has 0 aliphatic rings. The molecular formula is C18H20N4O. The molecule has 118 valence electrons. The molecule has 3 aromatic rings. The van der Waals surface area contributed by atoms with Crippen molar-refractivity contribution in [3.8, 4) is 17.1 Å². The van der Waals surface area contributed by atoms with Gasteiger partial charge in [0.25, 0.3) is 0 Å². The summed E-state index contributed by atoms with van der Waals surface area (Å²) in [6, 6.07) is 16.2. The molecule has 23 heavy (non-hydrogen) atoms. The average molecular weight is 308 g/mol. The molecular weight excluding hydrogens is 288 g/mol. The van der Waals surface area contributed by atoms with Crippen LogP contribution in [0.4, 0.5) is 0 Å². The van der Waals surface area contributed by atoms with E-state index in [9.17, 15) is 0 Å². The minimum absolute atomic E-state index is 0.512. The number of aromatic nitrogens is 4. The summed E-state index contributed by atoms with van der Waals surface area (Å²) < 4.78 is 5.36. The first kappa shape index (κ1) is 15.2. The molecule has 0 saturated heterocycles. The van der Waals surface area contributed by atoms with Crippen LogP contribution in [-0.2, 0) is 6.54 Å². The topological polar surface area (TPSA) is 52.8 Å². The molecule has 0 unspecified atom stereocenters. The van der Waals surface area contributed by atoms with Gasteiger partial charge in [0, 0.05) is 11.1 Å². The zero-order chi connectivity index (χ0) is 16.2. The van der Waals surface area contributed by atoms with E-state index in [1.165, 1.54) is 5.56 Å². The predicted octanol–water partition coefficient (Wildman–Crippen LogP) is 3.52. The Morgan fingerprint density at radius 2 is 1.78 bits per heavy atom. The normalized spacial score (nSPS) is 11.0. The lowest BCUT2D eigenvalue weighted by atomic mass is 10.0. The third-order valence-electron chi connectivity index (χ3n) is 3.79. The molecule has 0 bridgehead atoms. The summed E-state index contributed by atoms with van der Waals surface area (Å²) in [5.74, 6) is 1.97. The zero-order valence-electron chi connectivity index (χ0n) is 13.6. The Morgan fingerprint density at radius 1 is 1.04 bits per heavy atom. The predicted molar refractivity (Wildman–Crippen MR) is 89.4 cm³/mol. The second-order valence-electron chi connectivity index (χ2n) is 5.73. The Hall–Kier alpha value is -2.69. The van der Waals surface area contributed by atoms with Crippen molar-refractivity contribution in [2.75, 3.05) is 7.11 Å². The molecule has 0 atom stereocenters. The van der Waals surface area contributed by atoms with Crippen LogP contribution in [-0.4, -0.2) is 27.3 Å². The minimum atomic E-state index is 0.512. The highest BCUT2D eigenvalue weighted by Crippen LogP contribution is 2.21. The van der Waals surface area contributed by atoms with Crippen LogP contribution >= 0.6 is 0 Å². The second-order valence-corrected chi connectivity index (χ2v) is 5.73. The molecule has 1 heterocycles. The second kappa shape index (κ2) is 6.60. The standard InChI is InChI=1S/C18H20N4O/c1-13(2)14-8-10-15(11-9-14)18-19-21-22(20-18)12-16-6-4-5-7-17(16)23-3/h4-11,13H,12H2,1-3H3. The first-order valence-electron chi connectivity index (χ1n) is 7.67. The van der Waals surface area contributed by atoms with E-state index in [0.717, 1.165) is 16.9 Å². The summed E-state index contributed by atoms with van der Waals surface area (Å²) in [4.78, 5) is 1.59. The van der Waals surface area contributed by atoms with E-state index in [4.69, 9.17) is 4.74 Å². The number of rotatable bonds is 5. The van der Waals surface area contributed by atoms with E-state index >= 15 is 0 Å². The highest BCUT2D eigenvalue weighted by Gasteiger charge is 2.09. The lowest BCUT2D eigenvalue weighted by Crippen LogP contribution is -2.05. The zero-order valence-corrected chi connectivity index (χ0v) is 13.6. The fourth-order valence-electron chi connectivity index (χ4n) is 2.43. The molecule has 0 spiro atoms. The molecule has 0 radical (unpaired) electrons. The summed E-state index contributed by atoms with van der Waals surface area (Å²) in [7, 11) is 1.66. The highest BCUT2D eigenvalue weighted by molar-refractivity contribution is 5.54. The van der Waals surface area contributed by atoms with Crippen LogP contribution < -0.4 is 4.74 Å². The smallest absolute Gasteiger partial charge is 0.204 e. The minimum Gasteiger partial charge on any atom is -0.496 e. The maximum Gasteiger partial charge on any atom is 0.204 e. The van der Waals surface area contributed by atoms with Crippen molar-refractivity contribution in [3.05, 3.63) is 59.7 Å². The van der Waals surface area contributed by atoms with Crippen molar-refractivity contribution in [3.63, 3.8) is 0 Å². The van der Waals surface area contributed by atoms with Gasteiger partial charge in [-0.3, -0.25) is 0 Å². The van der Waals surface area contributed by atoms with E-state index in [1.54, 1.807) is 11.9 Å². The third kappa shape index (κ3) is 3.39. The fraction of sp³-hybridized carbons (Fsp3) is 0.278. The van der Waals surface area contributed by atoms with Crippen molar-refractivity contribution in [1.29, 1.82) is 0 Å². The number of hydrogen-bond acceptors (Lipinski definition) is 4. The van der Waals surface area contributed by atoms with Crippen molar-refractivity contribution >= 4 is 0 Å². The van der Waals surface area contributed by atoms with Gasteiger partial charge in [-0.2, -0.15) is 4.80 Å². The molecule has 1 aromatic heterocycles. The fourth-order valence-corrected chi connectivity index (χ4v) is 2.43. The maximum atomic E-state index is 5.36. The van der Waals surface area contributed by atoms with Gasteiger partial charge >= 0.3 is 0 Å². The summed E-state index contributed by atoms with van der Waals surface area (Å²) in [5.41, 5.74) is 3.30. The van der Waals surface area contributed by atoms with Crippen molar-refractivity contribution in [2.24, 2.45) is 0 Å². The number of ether oxygens (including phenoxy) is 1. The number of hydrogen-bond donors (Lipinski definition) is 0. The first-order valence-corrected chi connectivity index (χ1v) is 7.67. The first-order chi connectivity index (χ1) is 11.2. The SMILES string of the molecule is COc1ccccc1Cn1nnc(-c2ccc(C(C)C)cc2)n1. The lowest BCUT2D eigenvalue weighted by Gasteiger charge is -2.06. The molecule has 2 aromatic carbocycles. The van der Waals surface area contributed by atoms with Crippen molar-refractivity contribution < 1.29 is 4.74 Å². The van der Waals surface area contributed by atoms with E-state index in [2.05, 4.69) is 41.4 Å². The summed E-state index contributed by atoms with van der Waals surface area (Å²) in [6.45, 7) is 4.88. The molecule has 5 nitrogen and oxygen atoms in total. The number of para-hydroxylation sites is 1.